The van der Waals surface area contributed by atoms with E-state index in [1.807, 2.05) is 103 Å². The van der Waals surface area contributed by atoms with Crippen LogP contribution in [0.3, 0.4) is 0 Å². The van der Waals surface area contributed by atoms with Gasteiger partial charge in [0.15, 0.2) is 5.78 Å². The average molecular weight is 375 g/mol. The van der Waals surface area contributed by atoms with Gasteiger partial charge in [-0.15, -0.1) is 0 Å². The summed E-state index contributed by atoms with van der Waals surface area (Å²) in [6.07, 6.45) is 1.67. The Kier molecular flexibility index (Phi) is 5.63. The van der Waals surface area contributed by atoms with Crippen LogP contribution >= 0.6 is 0 Å². The fraction of sp³-hybridized carbons (Fsp3) is 0. The van der Waals surface area contributed by atoms with Gasteiger partial charge in [-0.05, 0) is 28.8 Å². The van der Waals surface area contributed by atoms with E-state index in [4.69, 9.17) is 0 Å². The van der Waals surface area contributed by atoms with E-state index in [9.17, 15) is 4.79 Å². The number of carbonyl (C=O) groups excluding carboxylic acids is 1. The number of carbonyl (C=O) groups is 1. The van der Waals surface area contributed by atoms with Crippen molar-refractivity contribution in [3.05, 3.63) is 132 Å². The molecule has 1 N–H and O–H groups in total. The lowest BCUT2D eigenvalue weighted by Gasteiger charge is -2.11. The van der Waals surface area contributed by atoms with Gasteiger partial charge in [0.05, 0.1) is 0 Å². The van der Waals surface area contributed by atoms with Crippen molar-refractivity contribution >= 4 is 17.2 Å². The third-order valence-corrected chi connectivity index (χ3v) is 4.69. The fourth-order valence-corrected chi connectivity index (χ4v) is 3.16. The van der Waals surface area contributed by atoms with Gasteiger partial charge >= 0.3 is 0 Å². The number of ketones is 1. The van der Waals surface area contributed by atoms with Gasteiger partial charge < -0.3 is 5.32 Å². The lowest BCUT2D eigenvalue weighted by Crippen LogP contribution is -2.03. The summed E-state index contributed by atoms with van der Waals surface area (Å²) < 4.78 is 0. The van der Waals surface area contributed by atoms with Crippen LogP contribution in [0.2, 0.25) is 0 Å². The maximum Gasteiger partial charge on any atom is 0.187 e. The summed E-state index contributed by atoms with van der Waals surface area (Å²) in [7, 11) is 0. The third-order valence-electron chi connectivity index (χ3n) is 4.69. The standard InChI is InChI=1S/C27H21NO/c29-27(24-18-16-22(17-19-24)21-10-4-1-5-11-21)20-26(23-12-6-2-7-13-23)28-25-14-8-3-9-15-25/h1-20,28H/b26-20-. The molecule has 0 aliphatic heterocycles. The summed E-state index contributed by atoms with van der Waals surface area (Å²) in [5.41, 5.74) is 5.57. The first kappa shape index (κ1) is 18.5. The smallest absolute Gasteiger partial charge is 0.187 e. The Morgan fingerprint density at radius 1 is 0.552 bits per heavy atom. The van der Waals surface area contributed by atoms with Gasteiger partial charge in [-0.1, -0.05) is 103 Å². The summed E-state index contributed by atoms with van der Waals surface area (Å²) in [6.45, 7) is 0. The Hall–Kier alpha value is -3.91. The first-order chi connectivity index (χ1) is 14.3. The van der Waals surface area contributed by atoms with Crippen LogP contribution in [0.15, 0.2) is 121 Å². The van der Waals surface area contributed by atoms with Gasteiger partial charge in [-0.2, -0.15) is 0 Å². The molecule has 0 fully saturated rings. The van der Waals surface area contributed by atoms with Crippen molar-refractivity contribution in [2.24, 2.45) is 0 Å². The molecule has 4 aromatic rings. The molecular formula is C27H21NO. The summed E-state index contributed by atoms with van der Waals surface area (Å²) in [5.74, 6) is -0.0353. The summed E-state index contributed by atoms with van der Waals surface area (Å²) in [4.78, 5) is 13.0. The Morgan fingerprint density at radius 2 is 1.07 bits per heavy atom. The van der Waals surface area contributed by atoms with Gasteiger partial charge in [-0.3, -0.25) is 4.79 Å². The molecule has 0 saturated heterocycles. The summed E-state index contributed by atoms with van der Waals surface area (Å²) in [5, 5.41) is 3.37. The van der Waals surface area contributed by atoms with E-state index in [1.165, 1.54) is 0 Å². The molecule has 140 valence electrons. The normalized spacial score (nSPS) is 11.1. The van der Waals surface area contributed by atoms with Crippen LogP contribution < -0.4 is 5.32 Å². The van der Waals surface area contributed by atoms with Crippen LogP contribution in [-0.2, 0) is 0 Å². The zero-order valence-electron chi connectivity index (χ0n) is 16.0. The number of allylic oxidation sites excluding steroid dienone is 1. The fourth-order valence-electron chi connectivity index (χ4n) is 3.16. The third kappa shape index (κ3) is 4.69. The van der Waals surface area contributed by atoms with Crippen LogP contribution in [-0.4, -0.2) is 5.78 Å². The summed E-state index contributed by atoms with van der Waals surface area (Å²) >= 11 is 0. The second-order valence-electron chi connectivity index (χ2n) is 6.72. The summed E-state index contributed by atoms with van der Waals surface area (Å²) in [6, 6.07) is 37.6. The monoisotopic (exact) mass is 375 g/mol. The molecule has 0 atom stereocenters. The molecule has 4 aromatic carbocycles. The minimum absolute atomic E-state index is 0.0353. The molecule has 0 bridgehead atoms. The molecule has 0 aliphatic carbocycles. The predicted molar refractivity (Wildman–Crippen MR) is 121 cm³/mol. The highest BCUT2D eigenvalue weighted by atomic mass is 16.1. The van der Waals surface area contributed by atoms with Crippen LogP contribution in [0.5, 0.6) is 0 Å². The maximum absolute atomic E-state index is 13.0. The van der Waals surface area contributed by atoms with Crippen molar-refractivity contribution in [3.8, 4) is 11.1 Å². The van der Waals surface area contributed by atoms with E-state index in [1.54, 1.807) is 6.08 Å². The van der Waals surface area contributed by atoms with E-state index in [-0.39, 0.29) is 5.78 Å². The van der Waals surface area contributed by atoms with Gasteiger partial charge in [-0.25, -0.2) is 0 Å². The van der Waals surface area contributed by atoms with E-state index < -0.39 is 0 Å². The van der Waals surface area contributed by atoms with Crippen LogP contribution in [0.1, 0.15) is 15.9 Å². The Bertz CT molecular complexity index is 1100. The van der Waals surface area contributed by atoms with Gasteiger partial charge in [0.2, 0.25) is 0 Å². The highest BCUT2D eigenvalue weighted by molar-refractivity contribution is 6.09. The molecule has 0 aromatic heterocycles. The number of hydrogen-bond acceptors (Lipinski definition) is 2. The van der Waals surface area contributed by atoms with Gasteiger partial charge in [0.1, 0.15) is 0 Å². The van der Waals surface area contributed by atoms with Crippen molar-refractivity contribution < 1.29 is 4.79 Å². The number of hydrogen-bond donors (Lipinski definition) is 1. The number of para-hydroxylation sites is 1. The molecule has 0 amide bonds. The second kappa shape index (κ2) is 8.85. The largest absolute Gasteiger partial charge is 0.355 e. The van der Waals surface area contributed by atoms with E-state index in [2.05, 4.69) is 17.4 Å². The molecule has 4 rings (SSSR count). The quantitative estimate of drug-likeness (QED) is 0.300. The van der Waals surface area contributed by atoms with Crippen molar-refractivity contribution in [1.29, 1.82) is 0 Å². The van der Waals surface area contributed by atoms with Gasteiger partial charge in [0.25, 0.3) is 0 Å². The number of anilines is 1. The zero-order valence-corrected chi connectivity index (χ0v) is 16.0. The highest BCUT2D eigenvalue weighted by Gasteiger charge is 2.08. The molecule has 29 heavy (non-hydrogen) atoms. The minimum atomic E-state index is -0.0353. The number of benzene rings is 4. The van der Waals surface area contributed by atoms with Gasteiger partial charge in [0, 0.05) is 23.0 Å². The van der Waals surface area contributed by atoms with E-state index >= 15 is 0 Å². The molecule has 0 spiro atoms. The molecule has 0 aliphatic rings. The number of nitrogens with one attached hydrogen (secondary N) is 1. The Balaban J connectivity index is 1.62. The first-order valence-corrected chi connectivity index (χ1v) is 9.58. The second-order valence-corrected chi connectivity index (χ2v) is 6.72. The minimum Gasteiger partial charge on any atom is -0.355 e. The molecule has 2 heteroatoms. The van der Waals surface area contributed by atoms with Crippen molar-refractivity contribution in [2.45, 2.75) is 0 Å². The maximum atomic E-state index is 13.0. The van der Waals surface area contributed by atoms with Crippen molar-refractivity contribution in [2.75, 3.05) is 5.32 Å². The Morgan fingerprint density at radius 3 is 1.69 bits per heavy atom. The molecule has 0 saturated carbocycles. The first-order valence-electron chi connectivity index (χ1n) is 9.58. The molecule has 0 unspecified atom stereocenters. The topological polar surface area (TPSA) is 29.1 Å². The highest BCUT2D eigenvalue weighted by Crippen LogP contribution is 2.22. The van der Waals surface area contributed by atoms with Crippen molar-refractivity contribution in [3.63, 3.8) is 0 Å². The molecule has 2 nitrogen and oxygen atoms in total. The average Bonchev–Trinajstić information content (AvgIpc) is 2.80. The lowest BCUT2D eigenvalue weighted by molar-refractivity contribution is 0.104. The Labute approximate surface area is 171 Å². The van der Waals surface area contributed by atoms with E-state index in [0.29, 0.717) is 5.56 Å². The molecular weight excluding hydrogens is 354 g/mol. The SMILES string of the molecule is O=C(/C=C(\Nc1ccccc1)c1ccccc1)c1ccc(-c2ccccc2)cc1. The zero-order chi connectivity index (χ0) is 19.9. The van der Waals surface area contributed by atoms with Crippen LogP contribution in [0, 0.1) is 0 Å². The predicted octanol–water partition coefficient (Wildman–Crippen LogP) is 6.69. The van der Waals surface area contributed by atoms with Crippen LogP contribution in [0.4, 0.5) is 5.69 Å². The molecule has 0 heterocycles. The van der Waals surface area contributed by atoms with E-state index in [0.717, 1.165) is 28.1 Å². The van der Waals surface area contributed by atoms with Crippen LogP contribution in [0.25, 0.3) is 16.8 Å². The number of rotatable bonds is 6. The van der Waals surface area contributed by atoms with Crippen molar-refractivity contribution in [1.82, 2.24) is 0 Å². The molecule has 0 radical (unpaired) electrons. The lowest BCUT2D eigenvalue weighted by atomic mass is 10.0.